The number of halogens is 2. The predicted molar refractivity (Wildman–Crippen MR) is 127 cm³/mol. The van der Waals surface area contributed by atoms with Crippen molar-refractivity contribution in [3.8, 4) is 11.5 Å². The van der Waals surface area contributed by atoms with Gasteiger partial charge in [0.25, 0.3) is 5.91 Å². The molecule has 0 unspecified atom stereocenters. The first kappa shape index (κ1) is 22.7. The predicted octanol–water partition coefficient (Wildman–Crippen LogP) is 6.00. The van der Waals surface area contributed by atoms with E-state index in [1.807, 2.05) is 56.3 Å². The van der Waals surface area contributed by atoms with E-state index in [2.05, 4.69) is 20.9 Å². The number of amidine groups is 1. The van der Waals surface area contributed by atoms with Gasteiger partial charge >= 0.3 is 0 Å². The van der Waals surface area contributed by atoms with E-state index in [1.54, 1.807) is 12.0 Å². The molecular formula is C22H22BrClN2O3S. The molecule has 1 heterocycles. The van der Waals surface area contributed by atoms with Gasteiger partial charge in [0.05, 0.1) is 16.5 Å². The normalized spacial score (nSPS) is 16.6. The fraction of sp³-hybridized carbons (Fsp3) is 0.273. The second-order valence-corrected chi connectivity index (χ2v) is 8.67. The van der Waals surface area contributed by atoms with E-state index in [9.17, 15) is 4.79 Å². The lowest BCUT2D eigenvalue weighted by molar-refractivity contribution is -0.122. The summed E-state index contributed by atoms with van der Waals surface area (Å²) in [5.74, 6) is 1.15. The van der Waals surface area contributed by atoms with Crippen molar-refractivity contribution in [2.24, 2.45) is 4.99 Å². The smallest absolute Gasteiger partial charge is 0.266 e. The van der Waals surface area contributed by atoms with Gasteiger partial charge in [-0.15, -0.1) is 0 Å². The Hall–Kier alpha value is -1.96. The Kier molecular flexibility index (Phi) is 7.86. The summed E-state index contributed by atoms with van der Waals surface area (Å²) in [5, 5.41) is 1.42. The minimum atomic E-state index is -0.0344. The van der Waals surface area contributed by atoms with Crippen LogP contribution in [0, 0.1) is 0 Å². The van der Waals surface area contributed by atoms with Crippen LogP contribution in [0.5, 0.6) is 11.5 Å². The van der Waals surface area contributed by atoms with E-state index < -0.39 is 0 Å². The summed E-state index contributed by atoms with van der Waals surface area (Å²) in [4.78, 5) is 19.4. The maximum absolute atomic E-state index is 12.7. The SMILES string of the molecule is CCN=C1S/C(=C/c2cc(Br)c(OCc3ccc(Cl)cc3)c(OC)c2)C(=O)N1CC. The summed E-state index contributed by atoms with van der Waals surface area (Å²) >= 11 is 10.9. The van der Waals surface area contributed by atoms with Crippen molar-refractivity contribution in [3.05, 3.63) is 61.9 Å². The van der Waals surface area contributed by atoms with E-state index in [0.29, 0.717) is 41.1 Å². The van der Waals surface area contributed by atoms with Gasteiger partial charge in [0.15, 0.2) is 16.7 Å². The summed E-state index contributed by atoms with van der Waals surface area (Å²) in [6, 6.07) is 11.3. The minimum absolute atomic E-state index is 0.0344. The zero-order valence-corrected chi connectivity index (χ0v) is 20.1. The van der Waals surface area contributed by atoms with Crippen molar-refractivity contribution in [1.29, 1.82) is 0 Å². The Labute approximate surface area is 194 Å². The van der Waals surface area contributed by atoms with Gasteiger partial charge in [-0.1, -0.05) is 23.7 Å². The Bertz CT molecular complexity index is 993. The molecule has 2 aromatic rings. The maximum Gasteiger partial charge on any atom is 0.266 e. The van der Waals surface area contributed by atoms with Gasteiger partial charge in [0, 0.05) is 18.1 Å². The van der Waals surface area contributed by atoms with Crippen LogP contribution in [0.3, 0.4) is 0 Å². The first-order chi connectivity index (χ1) is 14.5. The zero-order valence-electron chi connectivity index (χ0n) is 16.9. The van der Waals surface area contributed by atoms with Crippen molar-refractivity contribution < 1.29 is 14.3 Å². The number of carbonyl (C=O) groups excluding carboxylic acids is 1. The van der Waals surface area contributed by atoms with E-state index in [0.717, 1.165) is 20.8 Å². The molecule has 0 bridgehead atoms. The molecule has 0 spiro atoms. The molecule has 0 atom stereocenters. The molecule has 0 aliphatic carbocycles. The molecule has 158 valence electrons. The van der Waals surface area contributed by atoms with Gasteiger partial charge in [0.1, 0.15) is 6.61 Å². The van der Waals surface area contributed by atoms with Crippen LogP contribution >= 0.6 is 39.3 Å². The highest BCUT2D eigenvalue weighted by Gasteiger charge is 2.31. The number of thioether (sulfide) groups is 1. The molecule has 1 aliphatic rings. The number of hydrogen-bond acceptors (Lipinski definition) is 5. The molecule has 0 N–H and O–H groups in total. The van der Waals surface area contributed by atoms with Crippen molar-refractivity contribution in [3.63, 3.8) is 0 Å². The molecule has 1 amide bonds. The lowest BCUT2D eigenvalue weighted by Gasteiger charge is -2.14. The van der Waals surface area contributed by atoms with Crippen LogP contribution in [-0.4, -0.2) is 36.2 Å². The Morgan fingerprint density at radius 1 is 1.23 bits per heavy atom. The third kappa shape index (κ3) is 5.20. The van der Waals surface area contributed by atoms with Gasteiger partial charge < -0.3 is 9.47 Å². The molecule has 5 nitrogen and oxygen atoms in total. The number of carbonyl (C=O) groups is 1. The highest BCUT2D eigenvalue weighted by atomic mass is 79.9. The number of ether oxygens (including phenoxy) is 2. The van der Waals surface area contributed by atoms with Crippen LogP contribution in [0.2, 0.25) is 5.02 Å². The van der Waals surface area contributed by atoms with Gasteiger partial charge in [-0.2, -0.15) is 0 Å². The topological polar surface area (TPSA) is 51.1 Å². The van der Waals surface area contributed by atoms with Crippen LogP contribution in [0.25, 0.3) is 6.08 Å². The summed E-state index contributed by atoms with van der Waals surface area (Å²) in [6.07, 6.45) is 1.85. The molecule has 8 heteroatoms. The number of hydrogen-bond donors (Lipinski definition) is 0. The number of benzene rings is 2. The fourth-order valence-corrected chi connectivity index (χ4v) is 4.70. The van der Waals surface area contributed by atoms with Gasteiger partial charge in [-0.3, -0.25) is 14.7 Å². The molecule has 0 aromatic heterocycles. The Balaban J connectivity index is 1.84. The molecule has 3 rings (SSSR count). The first-order valence-corrected chi connectivity index (χ1v) is 11.5. The van der Waals surface area contributed by atoms with Gasteiger partial charge in [-0.25, -0.2) is 0 Å². The zero-order chi connectivity index (χ0) is 21.7. The van der Waals surface area contributed by atoms with E-state index in [-0.39, 0.29) is 5.91 Å². The van der Waals surface area contributed by atoms with E-state index in [4.69, 9.17) is 21.1 Å². The molecule has 1 saturated heterocycles. The standard InChI is InChI=1S/C22H22BrClN2O3S/c1-4-25-22-26(5-2)21(27)19(30-22)12-15-10-17(23)20(18(11-15)28-3)29-13-14-6-8-16(24)9-7-14/h6-12H,4-5,13H2,1-3H3/b19-12+,25-22?. The first-order valence-electron chi connectivity index (χ1n) is 9.47. The number of methoxy groups -OCH3 is 1. The van der Waals surface area contributed by atoms with Crippen LogP contribution in [0.4, 0.5) is 0 Å². The number of aliphatic imine (C=N–C) groups is 1. The lowest BCUT2D eigenvalue weighted by atomic mass is 10.1. The van der Waals surface area contributed by atoms with E-state index in [1.165, 1.54) is 11.8 Å². The molecule has 0 saturated carbocycles. The lowest BCUT2D eigenvalue weighted by Crippen LogP contribution is -2.28. The molecular weight excluding hydrogens is 488 g/mol. The van der Waals surface area contributed by atoms with Crippen molar-refractivity contribution in [1.82, 2.24) is 4.90 Å². The highest BCUT2D eigenvalue weighted by Crippen LogP contribution is 2.39. The van der Waals surface area contributed by atoms with Crippen LogP contribution in [-0.2, 0) is 11.4 Å². The highest BCUT2D eigenvalue weighted by molar-refractivity contribution is 9.10. The summed E-state index contributed by atoms with van der Waals surface area (Å²) in [5.41, 5.74) is 1.83. The average molecular weight is 510 g/mol. The van der Waals surface area contributed by atoms with Crippen LogP contribution < -0.4 is 9.47 Å². The van der Waals surface area contributed by atoms with Crippen molar-refractivity contribution >= 4 is 56.4 Å². The van der Waals surface area contributed by atoms with Gasteiger partial charge in [-0.05, 0) is 83.0 Å². The number of likely N-dealkylation sites (N-methyl/N-ethyl adjacent to an activating group) is 1. The largest absolute Gasteiger partial charge is 0.493 e. The Morgan fingerprint density at radius 2 is 1.97 bits per heavy atom. The molecule has 0 radical (unpaired) electrons. The number of nitrogens with zero attached hydrogens (tertiary/aromatic N) is 2. The van der Waals surface area contributed by atoms with Crippen LogP contribution in [0.1, 0.15) is 25.0 Å². The third-order valence-corrected chi connectivity index (χ3v) is 6.23. The number of rotatable bonds is 7. The minimum Gasteiger partial charge on any atom is -0.493 e. The molecule has 30 heavy (non-hydrogen) atoms. The second-order valence-electron chi connectivity index (χ2n) is 6.37. The monoisotopic (exact) mass is 508 g/mol. The molecule has 2 aromatic carbocycles. The summed E-state index contributed by atoms with van der Waals surface area (Å²) in [6.45, 7) is 5.51. The second kappa shape index (κ2) is 10.4. The van der Waals surface area contributed by atoms with E-state index >= 15 is 0 Å². The molecule has 1 fully saturated rings. The fourth-order valence-electron chi connectivity index (χ4n) is 2.89. The molecule has 1 aliphatic heterocycles. The summed E-state index contributed by atoms with van der Waals surface area (Å²) < 4.78 is 12.3. The maximum atomic E-state index is 12.7. The third-order valence-electron chi connectivity index (χ3n) is 4.34. The quantitative estimate of drug-likeness (QED) is 0.429. The van der Waals surface area contributed by atoms with Crippen molar-refractivity contribution in [2.75, 3.05) is 20.2 Å². The Morgan fingerprint density at radius 3 is 2.60 bits per heavy atom. The summed E-state index contributed by atoms with van der Waals surface area (Å²) in [7, 11) is 1.59. The van der Waals surface area contributed by atoms with Crippen molar-refractivity contribution in [2.45, 2.75) is 20.5 Å². The van der Waals surface area contributed by atoms with Crippen LogP contribution in [0.15, 0.2) is 50.8 Å². The average Bonchev–Trinajstić information content (AvgIpc) is 3.02. The van der Waals surface area contributed by atoms with Gasteiger partial charge in [0.2, 0.25) is 0 Å². The number of amides is 1.